The molecule has 3 aromatic carbocycles. The van der Waals surface area contributed by atoms with E-state index < -0.39 is 66.1 Å². The number of phenolic OH excluding ortho intramolecular Hbond substituents is 4. The van der Waals surface area contributed by atoms with Gasteiger partial charge in [-0.1, -0.05) is 0 Å². The maximum Gasteiger partial charge on any atom is 0.229 e. The molecule has 4 rings (SSSR count). The number of ketones is 1. The monoisotopic (exact) mass is 474 g/mol. The standard InChI is InChI=1S/C23H22O11/c24-8-18-20(30)21(31)22(32)23(34-18)33-11-3-10-5-16(27)17(28)7-12(10)13(6-11)19(29)9-1-2-14(25)15(26)4-9/h1-7,18,20-28,30-32H,8H2/t18-,20-,21+,22-,23-/m1/s1. The molecule has 1 heterocycles. The van der Waals surface area contributed by atoms with E-state index in [1.165, 1.54) is 24.3 Å². The minimum Gasteiger partial charge on any atom is -0.504 e. The van der Waals surface area contributed by atoms with Crippen LogP contribution in [0, 0.1) is 0 Å². The van der Waals surface area contributed by atoms with E-state index in [-0.39, 0.29) is 27.6 Å². The van der Waals surface area contributed by atoms with Gasteiger partial charge in [0.05, 0.1) is 6.61 Å². The first-order chi connectivity index (χ1) is 16.1. The van der Waals surface area contributed by atoms with Gasteiger partial charge in [0.25, 0.3) is 0 Å². The van der Waals surface area contributed by atoms with Gasteiger partial charge in [-0.25, -0.2) is 0 Å². The highest BCUT2D eigenvalue weighted by Gasteiger charge is 2.44. The molecule has 3 aromatic rings. The van der Waals surface area contributed by atoms with Gasteiger partial charge < -0.3 is 50.3 Å². The number of ether oxygens (including phenoxy) is 2. The average molecular weight is 474 g/mol. The SMILES string of the molecule is O=C(c1ccc(O)c(O)c1)c1cc(O[C@@H]2O[C@H](CO)[C@@H](O)[C@H](O)[C@H]2O)cc2cc(O)c(O)cc12. The van der Waals surface area contributed by atoms with Crippen LogP contribution in [0.4, 0.5) is 0 Å². The minimum atomic E-state index is -1.70. The first-order valence-electron chi connectivity index (χ1n) is 10.1. The molecule has 1 aliphatic heterocycles. The Kier molecular flexibility index (Phi) is 6.21. The molecule has 1 fully saturated rings. The van der Waals surface area contributed by atoms with Crippen LogP contribution in [0.25, 0.3) is 10.8 Å². The first kappa shape index (κ1) is 23.5. The summed E-state index contributed by atoms with van der Waals surface area (Å²) in [6, 6.07) is 8.42. The summed E-state index contributed by atoms with van der Waals surface area (Å²) in [4.78, 5) is 13.2. The fraction of sp³-hybridized carbons (Fsp3) is 0.261. The van der Waals surface area contributed by atoms with Crippen molar-refractivity contribution in [3.05, 3.63) is 53.6 Å². The Bertz CT molecular complexity index is 1240. The van der Waals surface area contributed by atoms with Gasteiger partial charge >= 0.3 is 0 Å². The molecule has 8 N–H and O–H groups in total. The molecule has 180 valence electrons. The van der Waals surface area contributed by atoms with E-state index in [9.17, 15) is 45.6 Å². The van der Waals surface area contributed by atoms with Crippen LogP contribution in [0.15, 0.2) is 42.5 Å². The van der Waals surface area contributed by atoms with Crippen LogP contribution < -0.4 is 4.74 Å². The van der Waals surface area contributed by atoms with Crippen molar-refractivity contribution in [2.75, 3.05) is 6.61 Å². The van der Waals surface area contributed by atoms with E-state index in [1.54, 1.807) is 0 Å². The molecular weight excluding hydrogens is 452 g/mol. The summed E-state index contributed by atoms with van der Waals surface area (Å²) in [5.41, 5.74) is -0.0355. The molecule has 0 radical (unpaired) electrons. The number of benzene rings is 3. The number of fused-ring (bicyclic) bond motifs is 1. The van der Waals surface area contributed by atoms with Gasteiger partial charge in [-0.3, -0.25) is 4.79 Å². The van der Waals surface area contributed by atoms with Gasteiger partial charge in [0, 0.05) is 11.1 Å². The number of hydrogen-bond acceptors (Lipinski definition) is 11. The van der Waals surface area contributed by atoms with Crippen molar-refractivity contribution in [2.24, 2.45) is 0 Å². The van der Waals surface area contributed by atoms with Gasteiger partial charge in [0.1, 0.15) is 30.2 Å². The summed E-state index contributed by atoms with van der Waals surface area (Å²) in [5, 5.41) is 79.2. The van der Waals surface area contributed by atoms with Crippen molar-refractivity contribution >= 4 is 16.6 Å². The molecule has 1 aliphatic rings. The van der Waals surface area contributed by atoms with Crippen molar-refractivity contribution in [1.29, 1.82) is 0 Å². The van der Waals surface area contributed by atoms with Gasteiger partial charge in [-0.05, 0) is 53.2 Å². The Morgan fingerprint density at radius 3 is 2.18 bits per heavy atom. The van der Waals surface area contributed by atoms with Crippen LogP contribution in [-0.2, 0) is 4.74 Å². The quantitative estimate of drug-likeness (QED) is 0.184. The fourth-order valence-electron chi connectivity index (χ4n) is 3.74. The van der Waals surface area contributed by atoms with E-state index >= 15 is 0 Å². The van der Waals surface area contributed by atoms with Crippen LogP contribution in [-0.4, -0.2) is 83.9 Å². The molecule has 1 saturated heterocycles. The van der Waals surface area contributed by atoms with E-state index in [4.69, 9.17) is 9.47 Å². The predicted octanol–water partition coefficient (Wildman–Crippen LogP) is 0.0719. The number of aliphatic hydroxyl groups is 4. The number of aromatic hydroxyl groups is 4. The van der Waals surface area contributed by atoms with Crippen LogP contribution in [0.5, 0.6) is 28.7 Å². The summed E-state index contributed by atoms with van der Waals surface area (Å²) in [6.07, 6.45) is -7.71. The third kappa shape index (κ3) is 4.18. The van der Waals surface area contributed by atoms with E-state index in [0.29, 0.717) is 0 Å². The highest BCUT2D eigenvalue weighted by molar-refractivity contribution is 6.17. The molecule has 11 nitrogen and oxygen atoms in total. The molecule has 11 heteroatoms. The normalized spacial score (nSPS) is 24.8. The second kappa shape index (κ2) is 8.97. The highest BCUT2D eigenvalue weighted by atomic mass is 16.7. The Morgan fingerprint density at radius 2 is 1.50 bits per heavy atom. The molecule has 0 saturated carbocycles. The van der Waals surface area contributed by atoms with Crippen LogP contribution in [0.3, 0.4) is 0 Å². The number of carbonyl (C=O) groups excluding carboxylic acids is 1. The number of rotatable bonds is 5. The molecule has 0 amide bonds. The fourth-order valence-corrected chi connectivity index (χ4v) is 3.74. The number of aliphatic hydroxyl groups excluding tert-OH is 4. The molecule has 0 bridgehead atoms. The Morgan fingerprint density at radius 1 is 0.824 bits per heavy atom. The predicted molar refractivity (Wildman–Crippen MR) is 115 cm³/mol. The molecule has 0 unspecified atom stereocenters. The van der Waals surface area contributed by atoms with Gasteiger partial charge in [0.15, 0.2) is 28.8 Å². The van der Waals surface area contributed by atoms with Crippen LogP contribution in [0.2, 0.25) is 0 Å². The second-order valence-corrected chi connectivity index (χ2v) is 7.88. The summed E-state index contributed by atoms with van der Waals surface area (Å²) in [7, 11) is 0. The maximum absolute atomic E-state index is 13.2. The van der Waals surface area contributed by atoms with Crippen molar-refractivity contribution in [1.82, 2.24) is 0 Å². The zero-order valence-corrected chi connectivity index (χ0v) is 17.4. The Balaban J connectivity index is 1.79. The topological polar surface area (TPSA) is 197 Å². The molecule has 0 spiro atoms. The van der Waals surface area contributed by atoms with Gasteiger partial charge in [0.2, 0.25) is 6.29 Å². The minimum absolute atomic E-state index is 0.00541. The van der Waals surface area contributed by atoms with Crippen molar-refractivity contribution in [3.8, 4) is 28.7 Å². The number of carbonyl (C=O) groups is 1. The highest BCUT2D eigenvalue weighted by Crippen LogP contribution is 2.37. The van der Waals surface area contributed by atoms with Gasteiger partial charge in [-0.2, -0.15) is 0 Å². The maximum atomic E-state index is 13.2. The smallest absolute Gasteiger partial charge is 0.229 e. The molecule has 5 atom stereocenters. The molecule has 0 aromatic heterocycles. The van der Waals surface area contributed by atoms with Crippen molar-refractivity contribution < 1.29 is 55.1 Å². The lowest BCUT2D eigenvalue weighted by atomic mass is 9.96. The average Bonchev–Trinajstić information content (AvgIpc) is 2.81. The lowest BCUT2D eigenvalue weighted by Gasteiger charge is -2.39. The summed E-state index contributed by atoms with van der Waals surface area (Å²) in [6.45, 7) is -0.663. The zero-order chi connectivity index (χ0) is 24.7. The molecule has 34 heavy (non-hydrogen) atoms. The van der Waals surface area contributed by atoms with E-state index in [2.05, 4.69) is 0 Å². The van der Waals surface area contributed by atoms with Crippen molar-refractivity contribution in [2.45, 2.75) is 30.7 Å². The third-order valence-corrected chi connectivity index (χ3v) is 5.60. The summed E-state index contributed by atoms with van der Waals surface area (Å²) < 4.78 is 11.0. The van der Waals surface area contributed by atoms with Gasteiger partial charge in [-0.15, -0.1) is 0 Å². The summed E-state index contributed by atoms with van der Waals surface area (Å²) >= 11 is 0. The number of phenols is 4. The van der Waals surface area contributed by atoms with E-state index in [0.717, 1.165) is 18.2 Å². The molecular formula is C23H22O11. The van der Waals surface area contributed by atoms with Crippen molar-refractivity contribution in [3.63, 3.8) is 0 Å². The Labute approximate surface area is 191 Å². The zero-order valence-electron chi connectivity index (χ0n) is 17.4. The first-order valence-corrected chi connectivity index (χ1v) is 10.1. The summed E-state index contributed by atoms with van der Waals surface area (Å²) in [5.74, 6) is -2.60. The Hall–Kier alpha value is -3.61. The largest absolute Gasteiger partial charge is 0.504 e. The second-order valence-electron chi connectivity index (χ2n) is 7.88. The van der Waals surface area contributed by atoms with E-state index in [1.807, 2.05) is 0 Å². The lowest BCUT2D eigenvalue weighted by Crippen LogP contribution is -2.60. The molecule has 0 aliphatic carbocycles. The number of hydrogen-bond donors (Lipinski definition) is 8. The van der Waals surface area contributed by atoms with Crippen LogP contribution in [0.1, 0.15) is 15.9 Å². The van der Waals surface area contributed by atoms with Crippen LogP contribution >= 0.6 is 0 Å². The lowest BCUT2D eigenvalue weighted by molar-refractivity contribution is -0.277. The third-order valence-electron chi connectivity index (χ3n) is 5.60.